The van der Waals surface area contributed by atoms with Gasteiger partial charge in [0.2, 0.25) is 0 Å². The van der Waals surface area contributed by atoms with E-state index >= 15 is 0 Å². The van der Waals surface area contributed by atoms with Crippen LogP contribution in [0.3, 0.4) is 0 Å². The van der Waals surface area contributed by atoms with Gasteiger partial charge in [0.05, 0.1) is 5.37 Å². The quantitative estimate of drug-likeness (QED) is 0.717. The third kappa shape index (κ3) is 4.54. The number of nitrogens with zero attached hydrogens (tertiary/aromatic N) is 1. The Kier molecular flexibility index (Phi) is 7.23. The second-order valence-corrected chi connectivity index (χ2v) is 4.24. The summed E-state index contributed by atoms with van der Waals surface area (Å²) in [6.07, 6.45) is 4.69. The zero-order valence-electron chi connectivity index (χ0n) is 8.28. The average Bonchev–Trinajstić information content (AvgIpc) is 2.06. The van der Waals surface area contributed by atoms with Gasteiger partial charge in [-0.3, -0.25) is 4.90 Å². The molecule has 2 nitrogen and oxygen atoms in total. The molecular formula is C9H21ClN2S. The summed E-state index contributed by atoms with van der Waals surface area (Å²) >= 11 is 4.57. The van der Waals surface area contributed by atoms with Crippen molar-refractivity contribution in [3.8, 4) is 0 Å². The summed E-state index contributed by atoms with van der Waals surface area (Å²) in [5.41, 5.74) is 5.82. The van der Waals surface area contributed by atoms with Crippen LogP contribution in [0.15, 0.2) is 0 Å². The van der Waals surface area contributed by atoms with Crippen molar-refractivity contribution in [1.82, 2.24) is 4.90 Å². The third-order valence-electron chi connectivity index (χ3n) is 2.54. The Morgan fingerprint density at radius 1 is 1.46 bits per heavy atom. The van der Waals surface area contributed by atoms with Crippen LogP contribution in [-0.4, -0.2) is 29.4 Å². The predicted octanol–water partition coefficient (Wildman–Crippen LogP) is 1.89. The molecule has 0 aromatic carbocycles. The molecule has 1 atom stereocenters. The highest BCUT2D eigenvalue weighted by atomic mass is 35.5. The van der Waals surface area contributed by atoms with E-state index in [9.17, 15) is 0 Å². The lowest BCUT2D eigenvalue weighted by Crippen LogP contribution is -2.43. The number of halogens is 1. The van der Waals surface area contributed by atoms with Crippen LogP contribution in [0.5, 0.6) is 0 Å². The molecule has 1 saturated heterocycles. The number of hydrogen-bond acceptors (Lipinski definition) is 3. The number of rotatable bonds is 3. The molecule has 13 heavy (non-hydrogen) atoms. The van der Waals surface area contributed by atoms with Crippen molar-refractivity contribution >= 4 is 25.0 Å². The van der Waals surface area contributed by atoms with Gasteiger partial charge < -0.3 is 5.73 Å². The molecule has 80 valence electrons. The monoisotopic (exact) mass is 224 g/mol. The van der Waals surface area contributed by atoms with Gasteiger partial charge in [-0.1, -0.05) is 13.3 Å². The molecule has 1 aliphatic rings. The first-order valence-electron chi connectivity index (χ1n) is 4.91. The molecule has 0 spiro atoms. The van der Waals surface area contributed by atoms with Crippen molar-refractivity contribution < 1.29 is 0 Å². The van der Waals surface area contributed by atoms with Gasteiger partial charge in [-0.25, -0.2) is 0 Å². The zero-order valence-corrected chi connectivity index (χ0v) is 9.99. The molecule has 0 amide bonds. The second-order valence-electron chi connectivity index (χ2n) is 3.64. The van der Waals surface area contributed by atoms with Gasteiger partial charge in [0.15, 0.2) is 0 Å². The lowest BCUT2D eigenvalue weighted by Gasteiger charge is -2.34. The molecule has 0 aliphatic carbocycles. The molecule has 0 bridgehead atoms. The van der Waals surface area contributed by atoms with Crippen LogP contribution in [0.2, 0.25) is 0 Å². The zero-order chi connectivity index (χ0) is 8.97. The largest absolute Gasteiger partial charge is 0.328 e. The molecule has 1 aliphatic heterocycles. The Labute approximate surface area is 93.1 Å². The fraction of sp³-hybridized carbons (Fsp3) is 1.00. The maximum absolute atomic E-state index is 5.82. The molecule has 4 heteroatoms. The average molecular weight is 225 g/mol. The van der Waals surface area contributed by atoms with Gasteiger partial charge in [0.25, 0.3) is 0 Å². The number of likely N-dealkylation sites (tertiary alicyclic amines) is 1. The summed E-state index contributed by atoms with van der Waals surface area (Å²) in [5.74, 6) is 0. The standard InChI is InChI=1S/C9H20N2S.ClH/c1-2-3-9(12)11-6-4-8(10)5-7-11;/h8-9,12H,2-7,10H2,1H3;1H. The van der Waals surface area contributed by atoms with Crippen LogP contribution >= 0.6 is 25.0 Å². The molecule has 0 radical (unpaired) electrons. The molecule has 1 heterocycles. The van der Waals surface area contributed by atoms with Crippen LogP contribution in [0, 0.1) is 0 Å². The van der Waals surface area contributed by atoms with E-state index in [1.54, 1.807) is 0 Å². The van der Waals surface area contributed by atoms with Gasteiger partial charge in [0.1, 0.15) is 0 Å². The van der Waals surface area contributed by atoms with Crippen LogP contribution < -0.4 is 5.73 Å². The Hall–Kier alpha value is 0.560. The summed E-state index contributed by atoms with van der Waals surface area (Å²) in [5, 5.41) is 0.461. The minimum absolute atomic E-state index is 0. The van der Waals surface area contributed by atoms with Gasteiger partial charge in [-0.2, -0.15) is 12.6 Å². The molecule has 1 fully saturated rings. The van der Waals surface area contributed by atoms with Crippen molar-refractivity contribution in [3.05, 3.63) is 0 Å². The van der Waals surface area contributed by atoms with Gasteiger partial charge in [-0.15, -0.1) is 12.4 Å². The number of hydrogen-bond donors (Lipinski definition) is 2. The molecule has 0 saturated carbocycles. The number of nitrogens with two attached hydrogens (primary N) is 1. The molecule has 0 aromatic rings. The van der Waals surface area contributed by atoms with E-state index in [0.717, 1.165) is 25.9 Å². The Morgan fingerprint density at radius 2 is 2.00 bits per heavy atom. The summed E-state index contributed by atoms with van der Waals surface area (Å²) in [7, 11) is 0. The second kappa shape index (κ2) is 6.93. The van der Waals surface area contributed by atoms with Gasteiger partial charge in [0, 0.05) is 19.1 Å². The summed E-state index contributed by atoms with van der Waals surface area (Å²) in [6, 6.07) is 0.434. The molecule has 1 unspecified atom stereocenters. The summed E-state index contributed by atoms with van der Waals surface area (Å²) in [4.78, 5) is 2.44. The van der Waals surface area contributed by atoms with Gasteiger partial charge >= 0.3 is 0 Å². The number of piperidine rings is 1. The van der Waals surface area contributed by atoms with Crippen LogP contribution in [-0.2, 0) is 0 Å². The normalized spacial score (nSPS) is 22.4. The molecule has 1 rings (SSSR count). The van der Waals surface area contributed by atoms with Crippen LogP contribution in [0.1, 0.15) is 32.6 Å². The molecule has 2 N–H and O–H groups in total. The lowest BCUT2D eigenvalue weighted by molar-refractivity contribution is 0.194. The van der Waals surface area contributed by atoms with Crippen LogP contribution in [0.4, 0.5) is 0 Å². The Morgan fingerprint density at radius 3 is 2.46 bits per heavy atom. The highest BCUT2D eigenvalue weighted by Gasteiger charge is 2.19. The van der Waals surface area contributed by atoms with Crippen molar-refractivity contribution in [2.24, 2.45) is 5.73 Å². The predicted molar refractivity (Wildman–Crippen MR) is 63.7 cm³/mol. The van der Waals surface area contributed by atoms with E-state index < -0.39 is 0 Å². The highest BCUT2D eigenvalue weighted by molar-refractivity contribution is 7.80. The van der Waals surface area contributed by atoms with Crippen molar-refractivity contribution in [1.29, 1.82) is 0 Å². The molecular weight excluding hydrogens is 204 g/mol. The van der Waals surface area contributed by atoms with Crippen molar-refractivity contribution in [3.63, 3.8) is 0 Å². The molecule has 0 aromatic heterocycles. The van der Waals surface area contributed by atoms with Crippen molar-refractivity contribution in [2.45, 2.75) is 44.0 Å². The van der Waals surface area contributed by atoms with Gasteiger partial charge in [-0.05, 0) is 19.3 Å². The first-order valence-corrected chi connectivity index (χ1v) is 5.43. The fourth-order valence-electron chi connectivity index (χ4n) is 1.66. The topological polar surface area (TPSA) is 29.3 Å². The lowest BCUT2D eigenvalue weighted by atomic mass is 10.1. The van der Waals surface area contributed by atoms with E-state index in [1.807, 2.05) is 0 Å². The third-order valence-corrected chi connectivity index (χ3v) is 3.13. The fourth-order valence-corrected chi connectivity index (χ4v) is 2.15. The highest BCUT2D eigenvalue weighted by Crippen LogP contribution is 2.16. The van der Waals surface area contributed by atoms with E-state index in [4.69, 9.17) is 5.73 Å². The Balaban J connectivity index is 0.00000144. The maximum Gasteiger partial charge on any atom is 0.0527 e. The van der Waals surface area contributed by atoms with E-state index in [-0.39, 0.29) is 12.4 Å². The minimum Gasteiger partial charge on any atom is -0.328 e. The first kappa shape index (κ1) is 13.6. The number of thiol groups is 1. The van der Waals surface area contributed by atoms with Crippen molar-refractivity contribution in [2.75, 3.05) is 13.1 Å². The summed E-state index contributed by atoms with van der Waals surface area (Å²) in [6.45, 7) is 4.48. The van der Waals surface area contributed by atoms with E-state index in [1.165, 1.54) is 12.8 Å². The first-order chi connectivity index (χ1) is 5.74. The Bertz CT molecular complexity index is 127. The smallest absolute Gasteiger partial charge is 0.0527 e. The van der Waals surface area contributed by atoms with Crippen LogP contribution in [0.25, 0.3) is 0 Å². The summed E-state index contributed by atoms with van der Waals surface area (Å²) < 4.78 is 0. The minimum atomic E-state index is 0. The SMILES string of the molecule is CCCC(S)N1CCC(N)CC1.Cl. The van der Waals surface area contributed by atoms with E-state index in [2.05, 4.69) is 24.5 Å². The van der Waals surface area contributed by atoms with E-state index in [0.29, 0.717) is 11.4 Å². The maximum atomic E-state index is 5.82.